The third kappa shape index (κ3) is 3.14. The summed E-state index contributed by atoms with van der Waals surface area (Å²) in [6.07, 6.45) is 5.98. The molecule has 3 fully saturated rings. The number of nitrogens with one attached hydrogen (secondary N) is 1. The summed E-state index contributed by atoms with van der Waals surface area (Å²) >= 11 is 0. The third-order valence-electron chi connectivity index (χ3n) is 5.58. The molecule has 5 nitrogen and oxygen atoms in total. The maximum absolute atomic E-state index is 12.8. The third-order valence-corrected chi connectivity index (χ3v) is 5.58. The van der Waals surface area contributed by atoms with Crippen LogP contribution in [0.2, 0.25) is 0 Å². The first-order chi connectivity index (χ1) is 10.6. The predicted octanol–water partition coefficient (Wildman–Crippen LogP) is 1.38. The molecule has 0 radical (unpaired) electrons. The molecule has 1 N–H and O–H groups in total. The molecule has 0 aromatic heterocycles. The van der Waals surface area contributed by atoms with Crippen LogP contribution < -0.4 is 5.32 Å². The molecule has 124 valence electrons. The van der Waals surface area contributed by atoms with Crippen molar-refractivity contribution in [2.24, 2.45) is 5.92 Å². The summed E-state index contributed by atoms with van der Waals surface area (Å²) in [5, 5.41) is 3.61. The van der Waals surface area contributed by atoms with Gasteiger partial charge in [0.15, 0.2) is 0 Å². The molecule has 2 bridgehead atoms. The average molecular weight is 307 g/mol. The van der Waals surface area contributed by atoms with Gasteiger partial charge >= 0.3 is 0 Å². The highest BCUT2D eigenvalue weighted by molar-refractivity contribution is 5.89. The number of fused-ring (bicyclic) bond motifs is 2. The van der Waals surface area contributed by atoms with E-state index in [1.165, 1.54) is 12.8 Å². The summed E-state index contributed by atoms with van der Waals surface area (Å²) in [6, 6.07) is 1.31. The Balaban J connectivity index is 1.60. The number of carbonyl (C=O) groups excluding carboxylic acids is 2. The Labute approximate surface area is 133 Å². The fraction of sp³-hybridized carbons (Fsp3) is 0.882. The minimum atomic E-state index is -0.122. The van der Waals surface area contributed by atoms with Crippen LogP contribution in [-0.4, -0.2) is 59.4 Å². The Hall–Kier alpha value is -1.10. The van der Waals surface area contributed by atoms with E-state index in [1.54, 1.807) is 0 Å². The van der Waals surface area contributed by atoms with Crippen molar-refractivity contribution in [3.63, 3.8) is 0 Å². The van der Waals surface area contributed by atoms with Gasteiger partial charge in [-0.3, -0.25) is 9.59 Å². The molecular weight excluding hydrogens is 278 g/mol. The fourth-order valence-electron chi connectivity index (χ4n) is 4.30. The highest BCUT2D eigenvalue weighted by Gasteiger charge is 2.40. The van der Waals surface area contributed by atoms with Gasteiger partial charge in [-0.2, -0.15) is 0 Å². The molecule has 3 heterocycles. The van der Waals surface area contributed by atoms with Crippen molar-refractivity contribution in [3.8, 4) is 0 Å². The molecule has 4 unspecified atom stereocenters. The van der Waals surface area contributed by atoms with Crippen LogP contribution >= 0.6 is 0 Å². The molecule has 3 saturated heterocycles. The standard InChI is InChI=1S/C17H29N3O2/c1-3-4-12(2)20-10-13(9-16(20)21)17(22)19-8-7-14-5-6-15(11-19)18-14/h12-15,18H,3-11H2,1-2H3. The minimum Gasteiger partial charge on any atom is -0.341 e. The highest BCUT2D eigenvalue weighted by Crippen LogP contribution is 2.26. The van der Waals surface area contributed by atoms with Gasteiger partial charge in [0.25, 0.3) is 0 Å². The van der Waals surface area contributed by atoms with Gasteiger partial charge in [-0.05, 0) is 32.6 Å². The predicted molar refractivity (Wildman–Crippen MR) is 85.3 cm³/mol. The Morgan fingerprint density at radius 1 is 1.27 bits per heavy atom. The van der Waals surface area contributed by atoms with Crippen LogP contribution in [0.4, 0.5) is 0 Å². The largest absolute Gasteiger partial charge is 0.341 e. The molecule has 4 atom stereocenters. The second-order valence-corrected chi connectivity index (χ2v) is 7.30. The molecule has 0 saturated carbocycles. The van der Waals surface area contributed by atoms with Crippen molar-refractivity contribution in [1.29, 1.82) is 0 Å². The van der Waals surface area contributed by atoms with E-state index in [2.05, 4.69) is 19.2 Å². The van der Waals surface area contributed by atoms with Crippen LogP contribution in [0.5, 0.6) is 0 Å². The molecule has 5 heteroatoms. The zero-order valence-corrected chi connectivity index (χ0v) is 13.9. The van der Waals surface area contributed by atoms with E-state index >= 15 is 0 Å². The van der Waals surface area contributed by atoms with E-state index in [9.17, 15) is 9.59 Å². The van der Waals surface area contributed by atoms with Crippen molar-refractivity contribution >= 4 is 11.8 Å². The first-order valence-corrected chi connectivity index (χ1v) is 8.92. The fourth-order valence-corrected chi connectivity index (χ4v) is 4.30. The number of rotatable bonds is 4. The van der Waals surface area contributed by atoms with E-state index in [0.29, 0.717) is 25.0 Å². The molecule has 2 amide bonds. The van der Waals surface area contributed by atoms with E-state index < -0.39 is 0 Å². The number of nitrogens with zero attached hydrogens (tertiary/aromatic N) is 2. The second kappa shape index (κ2) is 6.57. The molecule has 22 heavy (non-hydrogen) atoms. The van der Waals surface area contributed by atoms with Gasteiger partial charge in [-0.1, -0.05) is 13.3 Å². The van der Waals surface area contributed by atoms with Crippen LogP contribution in [0, 0.1) is 5.92 Å². The van der Waals surface area contributed by atoms with E-state index in [0.717, 1.165) is 32.4 Å². The molecule has 3 aliphatic rings. The van der Waals surface area contributed by atoms with E-state index in [-0.39, 0.29) is 23.8 Å². The van der Waals surface area contributed by atoms with Crippen LogP contribution in [0.3, 0.4) is 0 Å². The van der Waals surface area contributed by atoms with Gasteiger partial charge in [-0.15, -0.1) is 0 Å². The molecule has 3 aliphatic heterocycles. The SMILES string of the molecule is CCCC(C)N1CC(C(=O)N2CCC3CCC(C2)N3)CC1=O. The zero-order valence-electron chi connectivity index (χ0n) is 13.9. The van der Waals surface area contributed by atoms with Crippen LogP contribution in [0.15, 0.2) is 0 Å². The number of likely N-dealkylation sites (tertiary alicyclic amines) is 2. The van der Waals surface area contributed by atoms with Crippen LogP contribution in [0.25, 0.3) is 0 Å². The Kier molecular flexibility index (Phi) is 4.71. The lowest BCUT2D eigenvalue weighted by Crippen LogP contribution is -2.43. The summed E-state index contributed by atoms with van der Waals surface area (Å²) in [6.45, 7) is 6.53. The molecular formula is C17H29N3O2. The molecule has 3 rings (SSSR count). The van der Waals surface area contributed by atoms with Gasteiger partial charge in [0.1, 0.15) is 0 Å². The molecule has 0 aromatic carbocycles. The first-order valence-electron chi connectivity index (χ1n) is 8.92. The van der Waals surface area contributed by atoms with Gasteiger partial charge in [-0.25, -0.2) is 0 Å². The summed E-state index contributed by atoms with van der Waals surface area (Å²) in [4.78, 5) is 29.0. The summed E-state index contributed by atoms with van der Waals surface area (Å²) in [5.74, 6) is 0.242. The number of carbonyl (C=O) groups is 2. The van der Waals surface area contributed by atoms with E-state index in [1.807, 2.05) is 9.80 Å². The molecule has 0 aliphatic carbocycles. The number of amides is 2. The Bertz CT molecular complexity index is 440. The lowest BCUT2D eigenvalue weighted by molar-refractivity contribution is -0.136. The van der Waals surface area contributed by atoms with Crippen molar-refractivity contribution < 1.29 is 9.59 Å². The normalized spacial score (nSPS) is 33.2. The van der Waals surface area contributed by atoms with Crippen molar-refractivity contribution in [2.75, 3.05) is 19.6 Å². The maximum atomic E-state index is 12.8. The number of hydrogen-bond acceptors (Lipinski definition) is 3. The monoisotopic (exact) mass is 307 g/mol. The lowest BCUT2D eigenvalue weighted by atomic mass is 10.0. The summed E-state index contributed by atoms with van der Waals surface area (Å²) in [7, 11) is 0. The highest BCUT2D eigenvalue weighted by atomic mass is 16.2. The minimum absolute atomic E-state index is 0.122. The molecule has 0 spiro atoms. The summed E-state index contributed by atoms with van der Waals surface area (Å²) in [5.41, 5.74) is 0. The van der Waals surface area contributed by atoms with E-state index in [4.69, 9.17) is 0 Å². The lowest BCUT2D eigenvalue weighted by Gasteiger charge is -2.28. The summed E-state index contributed by atoms with van der Waals surface area (Å²) < 4.78 is 0. The van der Waals surface area contributed by atoms with Crippen LogP contribution in [-0.2, 0) is 9.59 Å². The zero-order chi connectivity index (χ0) is 15.7. The first kappa shape index (κ1) is 15.8. The smallest absolute Gasteiger partial charge is 0.228 e. The Morgan fingerprint density at radius 3 is 2.82 bits per heavy atom. The maximum Gasteiger partial charge on any atom is 0.228 e. The van der Waals surface area contributed by atoms with Gasteiger partial charge in [0.05, 0.1) is 5.92 Å². The van der Waals surface area contributed by atoms with Crippen LogP contribution in [0.1, 0.15) is 52.4 Å². The van der Waals surface area contributed by atoms with Crippen molar-refractivity contribution in [3.05, 3.63) is 0 Å². The van der Waals surface area contributed by atoms with Gasteiger partial charge < -0.3 is 15.1 Å². The van der Waals surface area contributed by atoms with Crippen molar-refractivity contribution in [2.45, 2.75) is 70.5 Å². The topological polar surface area (TPSA) is 52.7 Å². The quantitative estimate of drug-likeness (QED) is 0.853. The average Bonchev–Trinajstić information content (AvgIpc) is 3.01. The number of hydrogen-bond donors (Lipinski definition) is 1. The van der Waals surface area contributed by atoms with Gasteiger partial charge in [0.2, 0.25) is 11.8 Å². The Morgan fingerprint density at radius 2 is 2.05 bits per heavy atom. The van der Waals surface area contributed by atoms with Gasteiger partial charge in [0, 0.05) is 44.2 Å². The second-order valence-electron chi connectivity index (χ2n) is 7.30. The molecule has 0 aromatic rings. The van der Waals surface area contributed by atoms with Crippen molar-refractivity contribution in [1.82, 2.24) is 15.1 Å².